The first-order valence-corrected chi connectivity index (χ1v) is 6.33. The molecule has 22 heavy (non-hydrogen) atoms. The second-order valence-corrected chi connectivity index (χ2v) is 5.01. The summed E-state index contributed by atoms with van der Waals surface area (Å²) in [4.78, 5) is 20.9. The monoisotopic (exact) mass is 305 g/mol. The lowest BCUT2D eigenvalue weighted by molar-refractivity contribution is -0.544. The minimum atomic E-state index is -1.01. The van der Waals surface area contributed by atoms with E-state index in [2.05, 4.69) is 15.3 Å². The van der Waals surface area contributed by atoms with Crippen LogP contribution in [0.25, 0.3) is 5.41 Å². The molecule has 0 aromatic rings. The van der Waals surface area contributed by atoms with Crippen molar-refractivity contribution in [2.45, 2.75) is 33.3 Å². The Kier molecular flexibility index (Phi) is 5.55. The van der Waals surface area contributed by atoms with Crippen molar-refractivity contribution in [1.82, 2.24) is 0 Å². The Labute approximate surface area is 127 Å². The normalized spacial score (nSPS) is 17.3. The lowest BCUT2D eigenvalue weighted by Crippen LogP contribution is -2.24. The fourth-order valence-electron chi connectivity index (χ4n) is 1.29. The first-order chi connectivity index (χ1) is 10.3. The zero-order valence-electron chi connectivity index (χ0n) is 12.7. The molecule has 1 rings (SSSR count). The fourth-order valence-corrected chi connectivity index (χ4v) is 1.29. The Morgan fingerprint density at radius 2 is 2.27 bits per heavy atom. The molecule has 0 N–H and O–H groups in total. The summed E-state index contributed by atoms with van der Waals surface area (Å²) in [6.07, 6.45) is 0.222. The van der Waals surface area contributed by atoms with Gasteiger partial charge in [0.2, 0.25) is 5.28 Å². The molecule has 0 unspecified atom stereocenters. The molecule has 0 aromatic carbocycles. The third kappa shape index (κ3) is 4.85. The van der Waals surface area contributed by atoms with Crippen molar-refractivity contribution in [3.8, 4) is 6.07 Å². The summed E-state index contributed by atoms with van der Waals surface area (Å²) in [5, 5.41) is 24.7. The number of hydrogen-bond acceptors (Lipinski definition) is 7. The highest BCUT2D eigenvalue weighted by molar-refractivity contribution is 5.93. The Morgan fingerprint density at radius 1 is 1.59 bits per heavy atom. The van der Waals surface area contributed by atoms with E-state index in [0.29, 0.717) is 6.54 Å². The number of ether oxygens (including phenoxy) is 1. The third-order valence-corrected chi connectivity index (χ3v) is 2.14. The highest BCUT2D eigenvalue weighted by Crippen LogP contribution is 2.15. The predicted octanol–water partition coefficient (Wildman–Crippen LogP) is 2.25. The SMILES string of the molecule is CC[N+]1=NOC(=N\OC(=O)OC(C)(C)C)/C1=C\C(=C=[N-])C#N. The van der Waals surface area contributed by atoms with Crippen LogP contribution in [0.4, 0.5) is 4.79 Å². The largest absolute Gasteiger partial charge is 0.762 e. The summed E-state index contributed by atoms with van der Waals surface area (Å²) >= 11 is 0. The third-order valence-electron chi connectivity index (χ3n) is 2.14. The molecule has 0 amide bonds. The molecule has 0 spiro atoms. The Balaban J connectivity index is 2.95. The molecule has 9 heteroatoms. The first-order valence-electron chi connectivity index (χ1n) is 6.33. The molecule has 1 aliphatic rings. The standard InChI is InChI=1S/C13H15N5O4/c1-5-18-10(6-9(7-14)8-15)11(21-17-18)16-22-12(19)20-13(2,3)4/h6H,5H2,1-4H3/b10-6+,16-11-. The number of oxime groups is 1. The fraction of sp³-hybridized carbons (Fsp3) is 0.462. The van der Waals surface area contributed by atoms with Gasteiger partial charge in [-0.25, -0.2) is 4.79 Å². The smallest absolute Gasteiger partial charge is 0.535 e. The highest BCUT2D eigenvalue weighted by atomic mass is 16.8. The van der Waals surface area contributed by atoms with E-state index in [4.69, 9.17) is 20.2 Å². The van der Waals surface area contributed by atoms with Crippen LogP contribution >= 0.6 is 0 Å². The summed E-state index contributed by atoms with van der Waals surface area (Å²) in [7, 11) is 0. The van der Waals surface area contributed by atoms with Crippen LogP contribution < -0.4 is 0 Å². The van der Waals surface area contributed by atoms with E-state index < -0.39 is 11.8 Å². The molecular formula is C13H15N5O4. The van der Waals surface area contributed by atoms with Gasteiger partial charge in [0, 0.05) is 6.08 Å². The van der Waals surface area contributed by atoms with Crippen LogP contribution in [0.3, 0.4) is 0 Å². The Morgan fingerprint density at radius 3 is 2.77 bits per heavy atom. The van der Waals surface area contributed by atoms with Gasteiger partial charge in [0.1, 0.15) is 11.7 Å². The number of nitrogens with zero attached hydrogens (tertiary/aromatic N) is 5. The van der Waals surface area contributed by atoms with Crippen molar-refractivity contribution >= 4 is 17.9 Å². The second-order valence-electron chi connectivity index (χ2n) is 5.01. The van der Waals surface area contributed by atoms with Gasteiger partial charge in [0.05, 0.1) is 5.57 Å². The molecule has 1 aliphatic heterocycles. The van der Waals surface area contributed by atoms with E-state index in [-0.39, 0.29) is 17.2 Å². The van der Waals surface area contributed by atoms with Crippen LogP contribution in [0.2, 0.25) is 0 Å². The minimum Gasteiger partial charge on any atom is -0.762 e. The molecule has 0 atom stereocenters. The van der Waals surface area contributed by atoms with Gasteiger partial charge in [0.25, 0.3) is 0 Å². The van der Waals surface area contributed by atoms with E-state index >= 15 is 0 Å². The maximum Gasteiger partial charge on any atom is 0.535 e. The zero-order chi connectivity index (χ0) is 16.8. The minimum absolute atomic E-state index is 0.157. The van der Waals surface area contributed by atoms with Crippen molar-refractivity contribution in [3.05, 3.63) is 22.8 Å². The lowest BCUT2D eigenvalue weighted by Gasteiger charge is -2.16. The van der Waals surface area contributed by atoms with E-state index in [1.54, 1.807) is 39.6 Å². The molecular weight excluding hydrogens is 290 g/mol. The first kappa shape index (κ1) is 17.1. The maximum atomic E-state index is 11.4. The van der Waals surface area contributed by atoms with Gasteiger partial charge in [-0.2, -0.15) is 5.26 Å². The van der Waals surface area contributed by atoms with Gasteiger partial charge >= 0.3 is 17.8 Å². The summed E-state index contributed by atoms with van der Waals surface area (Å²) in [6, 6.07) is 1.71. The van der Waals surface area contributed by atoms with Gasteiger partial charge in [-0.1, -0.05) is 0 Å². The van der Waals surface area contributed by atoms with Crippen molar-refractivity contribution < 1.29 is 23.9 Å². The van der Waals surface area contributed by atoms with Crippen LogP contribution in [-0.2, 0) is 14.4 Å². The van der Waals surface area contributed by atoms with Gasteiger partial charge in [-0.15, -0.1) is 0 Å². The molecule has 0 radical (unpaired) electrons. The summed E-state index contributed by atoms with van der Waals surface area (Å²) < 4.78 is 6.27. The summed E-state index contributed by atoms with van der Waals surface area (Å²) in [5.41, 5.74) is -0.669. The molecule has 0 aliphatic carbocycles. The molecule has 0 saturated heterocycles. The van der Waals surface area contributed by atoms with Crippen LogP contribution in [0, 0.1) is 11.3 Å². The number of carbonyl (C=O) groups excluding carboxylic acids is 1. The topological polar surface area (TPSA) is 119 Å². The lowest BCUT2D eigenvalue weighted by atomic mass is 10.2. The summed E-state index contributed by atoms with van der Waals surface area (Å²) in [6.45, 7) is 7.20. The average Bonchev–Trinajstić information content (AvgIpc) is 2.82. The van der Waals surface area contributed by atoms with Crippen LogP contribution in [0.1, 0.15) is 27.7 Å². The number of allylic oxidation sites excluding steroid dienone is 2. The number of likely N-dealkylation sites (N-methyl/N-ethyl adjacent to an activating group) is 1. The van der Waals surface area contributed by atoms with Crippen molar-refractivity contribution in [3.63, 3.8) is 0 Å². The molecule has 0 bridgehead atoms. The van der Waals surface area contributed by atoms with Crippen molar-refractivity contribution in [1.29, 1.82) is 5.26 Å². The number of carbonyl (C=O) groups is 1. The second kappa shape index (κ2) is 7.15. The van der Waals surface area contributed by atoms with Crippen LogP contribution in [-0.4, -0.2) is 34.8 Å². The van der Waals surface area contributed by atoms with Crippen molar-refractivity contribution in [2.24, 2.45) is 10.4 Å². The molecule has 1 heterocycles. The molecule has 0 saturated carbocycles. The number of hydrogen-bond donors (Lipinski definition) is 0. The van der Waals surface area contributed by atoms with E-state index in [9.17, 15) is 4.79 Å². The zero-order valence-corrected chi connectivity index (χ0v) is 12.7. The highest BCUT2D eigenvalue weighted by Gasteiger charge is 2.33. The number of rotatable bonds is 3. The van der Waals surface area contributed by atoms with Crippen molar-refractivity contribution in [2.75, 3.05) is 6.54 Å². The van der Waals surface area contributed by atoms with Crippen LogP contribution in [0.15, 0.2) is 27.8 Å². The quantitative estimate of drug-likeness (QED) is 0.198. The van der Waals surface area contributed by atoms with E-state index in [1.807, 2.05) is 0 Å². The Hall–Kier alpha value is -2.98. The van der Waals surface area contributed by atoms with Crippen LogP contribution in [0.5, 0.6) is 0 Å². The Bertz CT molecular complexity index is 642. The predicted molar refractivity (Wildman–Crippen MR) is 74.6 cm³/mol. The summed E-state index contributed by atoms with van der Waals surface area (Å²) in [5.74, 6) is 1.55. The van der Waals surface area contributed by atoms with E-state index in [1.165, 1.54) is 10.8 Å². The van der Waals surface area contributed by atoms with Gasteiger partial charge in [-0.3, -0.25) is 15.5 Å². The van der Waals surface area contributed by atoms with Gasteiger partial charge < -0.3 is 10.1 Å². The van der Waals surface area contributed by atoms with Gasteiger partial charge in [0.15, 0.2) is 6.54 Å². The molecule has 0 fully saturated rings. The maximum absolute atomic E-state index is 11.4. The average molecular weight is 305 g/mol. The van der Waals surface area contributed by atoms with E-state index in [0.717, 1.165) is 0 Å². The molecule has 0 aromatic heterocycles. The molecule has 116 valence electrons. The number of nitriles is 1. The van der Waals surface area contributed by atoms with Gasteiger partial charge in [-0.05, 0) is 37.5 Å². The molecule has 9 nitrogen and oxygen atoms in total.